The van der Waals surface area contributed by atoms with Crippen LogP contribution in [-0.4, -0.2) is 9.85 Å². The summed E-state index contributed by atoms with van der Waals surface area (Å²) in [6, 6.07) is 3.12. The molecule has 0 aliphatic heterocycles. The number of nitro groups is 1. The molecule has 0 aliphatic carbocycles. The highest BCUT2D eigenvalue weighted by molar-refractivity contribution is 14.1. The summed E-state index contributed by atoms with van der Waals surface area (Å²) >= 11 is 6.38. The molecule has 0 fully saturated rings. The van der Waals surface area contributed by atoms with E-state index in [4.69, 9.17) is 0 Å². The van der Waals surface area contributed by atoms with Crippen LogP contribution in [0.25, 0.3) is 0 Å². The van der Waals surface area contributed by atoms with Crippen LogP contribution in [0.3, 0.4) is 0 Å². The summed E-state index contributed by atoms with van der Waals surface area (Å²) in [5, 5.41) is 10.2. The van der Waals surface area contributed by atoms with Crippen molar-refractivity contribution in [2.45, 2.75) is 0 Å². The van der Waals surface area contributed by atoms with Crippen LogP contribution in [0.2, 0.25) is 0 Å². The van der Waals surface area contributed by atoms with Gasteiger partial charge in [0.1, 0.15) is 0 Å². The maximum absolute atomic E-state index is 10.0. The highest BCUT2D eigenvalue weighted by Gasteiger charge is 2.06. The van der Waals surface area contributed by atoms with Gasteiger partial charge in [-0.25, -0.2) is 0 Å². The fourth-order valence-electron chi connectivity index (χ4n) is 0.403. The second-order valence-corrected chi connectivity index (χ2v) is 3.78. The Kier molecular flexibility index (Phi) is 6.06. The molecule has 3 nitrogen and oxygen atoms in total. The summed E-state index contributed by atoms with van der Waals surface area (Å²) in [6.45, 7) is 0. The normalized spacial score (nSPS) is 8.27. The second-order valence-electron chi connectivity index (χ2n) is 1.33. The van der Waals surface area contributed by atoms with Crippen LogP contribution < -0.4 is 0 Å². The van der Waals surface area contributed by atoms with Gasteiger partial charge in [0.25, 0.3) is 0 Å². The molecule has 1 aromatic heterocycles. The summed E-state index contributed by atoms with van der Waals surface area (Å²) in [4.78, 5) is 11.6. The van der Waals surface area contributed by atoms with Crippen LogP contribution >= 0.6 is 49.9 Å². The van der Waals surface area contributed by atoms with E-state index in [9.17, 15) is 10.1 Å². The summed E-state index contributed by atoms with van der Waals surface area (Å²) in [7, 11) is 0. The van der Waals surface area contributed by atoms with Crippen molar-refractivity contribution >= 4 is 54.9 Å². The van der Waals surface area contributed by atoms with Gasteiger partial charge in [-0.3, -0.25) is 10.1 Å². The van der Waals surface area contributed by atoms with Gasteiger partial charge < -0.3 is 0 Å². The maximum Gasteiger partial charge on any atom is 0.325 e. The lowest BCUT2D eigenvalue weighted by Gasteiger charge is -1.77. The molecule has 0 radical (unpaired) electrons. The molecule has 1 heterocycles. The van der Waals surface area contributed by atoms with E-state index < -0.39 is 4.92 Å². The second kappa shape index (κ2) is 5.90. The minimum Gasteiger partial charge on any atom is -0.258 e. The minimum absolute atomic E-state index is 0.168. The van der Waals surface area contributed by atoms with Crippen molar-refractivity contribution in [1.82, 2.24) is 0 Å². The minimum atomic E-state index is -0.407. The Bertz CT molecular complexity index is 240. The Morgan fingerprint density at radius 3 is 2.36 bits per heavy atom. The molecular weight excluding hydrogens is 345 g/mol. The number of nitrogens with zero attached hydrogens (tertiary/aromatic N) is 1. The van der Waals surface area contributed by atoms with Gasteiger partial charge in [0.05, 0.1) is 8.71 Å². The first kappa shape index (κ1) is 11.3. The highest BCUT2D eigenvalue weighted by Crippen LogP contribution is 2.27. The van der Waals surface area contributed by atoms with Crippen LogP contribution in [0.4, 0.5) is 5.00 Å². The van der Waals surface area contributed by atoms with E-state index in [0.717, 1.165) is 15.1 Å². The molecule has 0 N–H and O–H groups in total. The summed E-state index contributed by atoms with van der Waals surface area (Å²) in [5.74, 6) is 0. The van der Waals surface area contributed by atoms with E-state index in [1.165, 1.54) is 6.07 Å². The van der Waals surface area contributed by atoms with Crippen LogP contribution in [0.1, 0.15) is 0 Å². The molecule has 0 spiro atoms. The zero-order valence-corrected chi connectivity index (χ0v) is 10.1. The molecule has 0 aliphatic rings. The standard InChI is InChI=1S/C4H2BrNO2S.CH3I/c5-3-1-2-4(9-3)6(7)8;1-2/h1-2H;1H3. The average Bonchev–Trinajstić information content (AvgIpc) is 2.40. The molecule has 11 heavy (non-hydrogen) atoms. The van der Waals surface area contributed by atoms with Crippen molar-refractivity contribution < 1.29 is 4.92 Å². The largest absolute Gasteiger partial charge is 0.325 e. The Hall–Kier alpha value is 0.310. The molecule has 0 saturated carbocycles. The predicted molar refractivity (Wildman–Crippen MR) is 58.6 cm³/mol. The quantitative estimate of drug-likeness (QED) is 0.337. The van der Waals surface area contributed by atoms with Gasteiger partial charge in [0.2, 0.25) is 0 Å². The monoisotopic (exact) mass is 349 g/mol. The molecule has 0 amide bonds. The highest BCUT2D eigenvalue weighted by atomic mass is 127. The zero-order chi connectivity index (χ0) is 8.85. The van der Waals surface area contributed by atoms with E-state index in [-0.39, 0.29) is 5.00 Å². The number of halogens is 2. The first-order valence-corrected chi connectivity index (χ1v) is 6.24. The smallest absolute Gasteiger partial charge is 0.258 e. The van der Waals surface area contributed by atoms with E-state index >= 15 is 0 Å². The Morgan fingerprint density at radius 1 is 1.64 bits per heavy atom. The number of rotatable bonds is 1. The summed E-state index contributed by atoms with van der Waals surface area (Å²) in [6.07, 6.45) is 0. The molecule has 62 valence electrons. The summed E-state index contributed by atoms with van der Waals surface area (Å²) < 4.78 is 0.786. The molecular formula is C5H5BrINO2S. The Balaban J connectivity index is 0.000000461. The van der Waals surface area contributed by atoms with Crippen LogP contribution in [-0.2, 0) is 0 Å². The van der Waals surface area contributed by atoms with Gasteiger partial charge in [-0.1, -0.05) is 33.9 Å². The maximum atomic E-state index is 10.0. The van der Waals surface area contributed by atoms with E-state index in [1.54, 1.807) is 6.07 Å². The fraction of sp³-hybridized carbons (Fsp3) is 0.200. The fourth-order valence-corrected chi connectivity index (χ4v) is 1.58. The van der Waals surface area contributed by atoms with Crippen molar-refractivity contribution in [1.29, 1.82) is 0 Å². The summed E-state index contributed by atoms with van der Waals surface area (Å²) in [5.41, 5.74) is 0. The van der Waals surface area contributed by atoms with Gasteiger partial charge >= 0.3 is 5.00 Å². The lowest BCUT2D eigenvalue weighted by molar-refractivity contribution is -0.380. The van der Waals surface area contributed by atoms with Crippen molar-refractivity contribution in [3.8, 4) is 0 Å². The molecule has 0 unspecified atom stereocenters. The third-order valence-electron chi connectivity index (χ3n) is 0.739. The topological polar surface area (TPSA) is 43.1 Å². The lowest BCUT2D eigenvalue weighted by Crippen LogP contribution is -1.80. The Labute approximate surface area is 90.2 Å². The van der Waals surface area contributed by atoms with Crippen molar-refractivity contribution in [3.05, 3.63) is 26.0 Å². The first-order valence-electron chi connectivity index (χ1n) is 2.47. The lowest BCUT2D eigenvalue weighted by atomic mass is 10.6. The van der Waals surface area contributed by atoms with Crippen LogP contribution in [0.5, 0.6) is 0 Å². The average molecular weight is 350 g/mol. The molecule has 0 bridgehead atoms. The van der Waals surface area contributed by atoms with Gasteiger partial charge in [-0.2, -0.15) is 0 Å². The molecule has 1 rings (SSSR count). The molecule has 1 aromatic rings. The van der Waals surface area contributed by atoms with Gasteiger partial charge in [0.15, 0.2) is 0 Å². The van der Waals surface area contributed by atoms with Gasteiger partial charge in [-0.15, -0.1) is 0 Å². The molecule has 0 atom stereocenters. The molecule has 0 aromatic carbocycles. The molecule has 6 heteroatoms. The third kappa shape index (κ3) is 4.02. The van der Waals surface area contributed by atoms with Crippen LogP contribution in [0.15, 0.2) is 15.9 Å². The SMILES string of the molecule is CI.O=[N+]([O-])c1ccc(Br)s1. The van der Waals surface area contributed by atoms with E-state index in [1.807, 2.05) is 4.93 Å². The van der Waals surface area contributed by atoms with Crippen LogP contribution in [0, 0.1) is 10.1 Å². The van der Waals surface area contributed by atoms with Crippen molar-refractivity contribution in [3.63, 3.8) is 0 Å². The number of hydrogen-bond donors (Lipinski definition) is 0. The third-order valence-corrected chi connectivity index (χ3v) is 2.31. The first-order chi connectivity index (χ1) is 5.20. The van der Waals surface area contributed by atoms with Crippen molar-refractivity contribution in [2.75, 3.05) is 4.93 Å². The number of hydrogen-bond acceptors (Lipinski definition) is 3. The Morgan fingerprint density at radius 2 is 2.18 bits per heavy atom. The molecule has 0 saturated heterocycles. The predicted octanol–water partition coefficient (Wildman–Crippen LogP) is 3.47. The van der Waals surface area contributed by atoms with Crippen molar-refractivity contribution in [2.24, 2.45) is 0 Å². The van der Waals surface area contributed by atoms with Gasteiger partial charge in [0, 0.05) is 6.07 Å². The van der Waals surface area contributed by atoms with E-state index in [0.29, 0.717) is 0 Å². The number of thiophene rings is 1. The van der Waals surface area contributed by atoms with Gasteiger partial charge in [-0.05, 0) is 26.9 Å². The number of alkyl halides is 1. The van der Waals surface area contributed by atoms with E-state index in [2.05, 4.69) is 38.5 Å². The zero-order valence-electron chi connectivity index (χ0n) is 5.58.